The Morgan fingerprint density at radius 3 is 2.59 bits per heavy atom. The molecule has 0 saturated carbocycles. The molecule has 3 aromatic rings. The maximum atomic E-state index is 13.7. The number of aromatic nitrogens is 2. The highest BCUT2D eigenvalue weighted by Gasteiger charge is 2.27. The Morgan fingerprint density at radius 1 is 1.18 bits per heavy atom. The molecule has 2 heterocycles. The van der Waals surface area contributed by atoms with Crippen LogP contribution in [0.15, 0.2) is 57.6 Å². The second kappa shape index (κ2) is 10.3. The zero-order valence-corrected chi connectivity index (χ0v) is 20.4. The Morgan fingerprint density at radius 2 is 1.94 bits per heavy atom. The van der Waals surface area contributed by atoms with E-state index in [1.165, 1.54) is 32.8 Å². The Kier molecular flexibility index (Phi) is 7.17. The van der Waals surface area contributed by atoms with Crippen molar-refractivity contribution in [2.75, 3.05) is 17.2 Å². The van der Waals surface area contributed by atoms with E-state index in [4.69, 9.17) is 5.73 Å². The monoisotopic (exact) mass is 478 g/mol. The van der Waals surface area contributed by atoms with Crippen LogP contribution in [0.25, 0.3) is 0 Å². The zero-order valence-electron chi connectivity index (χ0n) is 19.6. The van der Waals surface area contributed by atoms with Gasteiger partial charge in [-0.2, -0.15) is 0 Å². The van der Waals surface area contributed by atoms with E-state index in [-0.39, 0.29) is 24.0 Å². The highest BCUT2D eigenvalue weighted by Crippen LogP contribution is 2.28. The van der Waals surface area contributed by atoms with Crippen molar-refractivity contribution in [1.29, 1.82) is 0 Å². The number of hydrogen-bond donors (Lipinski definition) is 2. The van der Waals surface area contributed by atoms with E-state index in [2.05, 4.69) is 11.1 Å². The lowest BCUT2D eigenvalue weighted by atomic mass is 9.97. The minimum Gasteiger partial charge on any atom is -0.383 e. The summed E-state index contributed by atoms with van der Waals surface area (Å²) in [4.78, 5) is 44.8. The first-order chi connectivity index (χ1) is 16.3. The van der Waals surface area contributed by atoms with Crippen LogP contribution in [0.3, 0.4) is 0 Å². The zero-order chi connectivity index (χ0) is 24.2. The molecule has 1 aliphatic carbocycles. The van der Waals surface area contributed by atoms with Gasteiger partial charge < -0.3 is 5.73 Å². The van der Waals surface area contributed by atoms with Gasteiger partial charge in [0, 0.05) is 11.4 Å². The number of anilines is 2. The number of thiophene rings is 1. The molecule has 1 aliphatic rings. The maximum Gasteiger partial charge on any atom is 0.330 e. The van der Waals surface area contributed by atoms with E-state index >= 15 is 0 Å². The minimum atomic E-state index is -0.650. The fourth-order valence-corrected chi connectivity index (χ4v) is 5.26. The predicted octanol–water partition coefficient (Wildman–Crippen LogP) is 4.38. The molecular weight excluding hydrogens is 448 g/mol. The van der Waals surface area contributed by atoms with Crippen LogP contribution in [0.4, 0.5) is 11.5 Å². The highest BCUT2D eigenvalue weighted by atomic mass is 32.1. The number of benzene rings is 1. The van der Waals surface area contributed by atoms with Gasteiger partial charge in [-0.15, -0.1) is 11.3 Å². The fourth-order valence-electron chi connectivity index (χ4n) is 4.27. The molecule has 4 rings (SSSR count). The topological polar surface area (TPSA) is 101 Å². The Balaban J connectivity index is 1.77. The number of aromatic amines is 1. The second-order valence-corrected chi connectivity index (χ2v) is 9.99. The number of allylic oxidation sites excluding steroid dienone is 1. The van der Waals surface area contributed by atoms with E-state index < -0.39 is 11.2 Å². The third kappa shape index (κ3) is 5.07. The highest BCUT2D eigenvalue weighted by molar-refractivity contribution is 7.14. The summed E-state index contributed by atoms with van der Waals surface area (Å²) < 4.78 is 1.32. The molecule has 8 heteroatoms. The van der Waals surface area contributed by atoms with Crippen molar-refractivity contribution in [3.63, 3.8) is 0 Å². The molecule has 2 aromatic heterocycles. The molecule has 0 atom stereocenters. The van der Waals surface area contributed by atoms with Gasteiger partial charge in [0.15, 0.2) is 5.69 Å². The summed E-state index contributed by atoms with van der Waals surface area (Å²) in [6.07, 6.45) is 7.24. The van der Waals surface area contributed by atoms with Crippen molar-refractivity contribution >= 4 is 28.7 Å². The van der Waals surface area contributed by atoms with Crippen LogP contribution in [0.1, 0.15) is 57.8 Å². The number of aryl methyl sites for hydroxylation is 2. The molecule has 0 radical (unpaired) electrons. The van der Waals surface area contributed by atoms with Crippen LogP contribution in [0.2, 0.25) is 0 Å². The third-order valence-corrected chi connectivity index (χ3v) is 7.47. The largest absolute Gasteiger partial charge is 0.383 e. The Labute approximate surface area is 202 Å². The molecule has 7 nitrogen and oxygen atoms in total. The number of nitrogens with one attached hydrogen (secondary N) is 1. The predicted molar refractivity (Wildman–Crippen MR) is 138 cm³/mol. The molecular formula is C26H30N4O3S. The van der Waals surface area contributed by atoms with Crippen molar-refractivity contribution in [3.8, 4) is 0 Å². The van der Waals surface area contributed by atoms with Crippen LogP contribution in [-0.2, 0) is 6.54 Å². The summed E-state index contributed by atoms with van der Waals surface area (Å²) >= 11 is 1.40. The van der Waals surface area contributed by atoms with E-state index in [9.17, 15) is 14.4 Å². The van der Waals surface area contributed by atoms with Gasteiger partial charge in [-0.3, -0.25) is 24.0 Å². The van der Waals surface area contributed by atoms with E-state index in [1.807, 2.05) is 50.2 Å². The summed E-state index contributed by atoms with van der Waals surface area (Å²) in [7, 11) is 0. The van der Waals surface area contributed by atoms with Crippen LogP contribution < -0.4 is 21.9 Å². The van der Waals surface area contributed by atoms with Gasteiger partial charge in [-0.1, -0.05) is 42.0 Å². The van der Waals surface area contributed by atoms with Gasteiger partial charge in [0.05, 0.1) is 11.4 Å². The molecule has 0 fully saturated rings. The molecule has 0 bridgehead atoms. The number of hydrogen-bond acceptors (Lipinski definition) is 5. The minimum absolute atomic E-state index is 0.00595. The first kappa shape index (κ1) is 23.8. The molecule has 3 N–H and O–H groups in total. The van der Waals surface area contributed by atoms with Crippen LogP contribution in [0, 0.1) is 13.8 Å². The Hall–Kier alpha value is -3.39. The van der Waals surface area contributed by atoms with Crippen molar-refractivity contribution in [1.82, 2.24) is 9.55 Å². The van der Waals surface area contributed by atoms with Crippen molar-refractivity contribution in [3.05, 3.63) is 89.8 Å². The van der Waals surface area contributed by atoms with Crippen molar-refractivity contribution in [2.24, 2.45) is 0 Å². The summed E-state index contributed by atoms with van der Waals surface area (Å²) in [5.41, 5.74) is 8.39. The molecule has 0 spiro atoms. The molecule has 34 heavy (non-hydrogen) atoms. The number of nitrogens with two attached hydrogens (primary N) is 1. The normalized spacial score (nSPS) is 13.5. The number of amides is 1. The summed E-state index contributed by atoms with van der Waals surface area (Å²) in [6.45, 7) is 4.44. The molecule has 0 unspecified atom stereocenters. The van der Waals surface area contributed by atoms with Crippen LogP contribution in [0.5, 0.6) is 0 Å². The van der Waals surface area contributed by atoms with Crippen LogP contribution >= 0.6 is 11.3 Å². The number of nitrogen functional groups attached to an aromatic ring is 1. The van der Waals surface area contributed by atoms with Gasteiger partial charge in [0.1, 0.15) is 5.82 Å². The molecule has 178 valence electrons. The smallest absolute Gasteiger partial charge is 0.330 e. The lowest BCUT2D eigenvalue weighted by molar-refractivity contribution is 0.0990. The number of nitrogens with zero attached hydrogens (tertiary/aromatic N) is 2. The fraction of sp³-hybridized carbons (Fsp3) is 0.346. The van der Waals surface area contributed by atoms with Crippen molar-refractivity contribution in [2.45, 2.75) is 52.5 Å². The lowest BCUT2D eigenvalue weighted by Gasteiger charge is -2.25. The first-order valence-corrected chi connectivity index (χ1v) is 12.4. The molecule has 1 amide bonds. The first-order valence-electron chi connectivity index (χ1n) is 11.6. The molecule has 1 aromatic carbocycles. The Bertz CT molecular complexity index is 1310. The van der Waals surface area contributed by atoms with Crippen molar-refractivity contribution < 1.29 is 4.79 Å². The van der Waals surface area contributed by atoms with E-state index in [0.29, 0.717) is 17.8 Å². The maximum absolute atomic E-state index is 13.7. The second-order valence-electron chi connectivity index (χ2n) is 8.73. The molecule has 0 aliphatic heterocycles. The van der Waals surface area contributed by atoms with E-state index in [0.717, 1.165) is 35.3 Å². The number of carbonyl (C=O) groups excluding carboxylic acids is 1. The van der Waals surface area contributed by atoms with Crippen LogP contribution in [-0.4, -0.2) is 22.0 Å². The van der Waals surface area contributed by atoms with Gasteiger partial charge in [0.25, 0.3) is 11.5 Å². The summed E-state index contributed by atoms with van der Waals surface area (Å²) in [6, 6.07) is 11.2. The number of H-pyrrole nitrogens is 1. The summed E-state index contributed by atoms with van der Waals surface area (Å²) in [5, 5.41) is 0. The average molecular weight is 479 g/mol. The van der Waals surface area contributed by atoms with E-state index in [1.54, 1.807) is 0 Å². The number of carbonyl (C=O) groups is 1. The number of rotatable bonds is 7. The van der Waals surface area contributed by atoms with Gasteiger partial charge >= 0.3 is 5.69 Å². The molecule has 0 saturated heterocycles. The third-order valence-electron chi connectivity index (χ3n) is 6.33. The average Bonchev–Trinajstić information content (AvgIpc) is 3.17. The van der Waals surface area contributed by atoms with Gasteiger partial charge in [-0.05, 0) is 63.1 Å². The summed E-state index contributed by atoms with van der Waals surface area (Å²) in [5.74, 6) is -0.284. The lowest BCUT2D eigenvalue weighted by Crippen LogP contribution is -2.41. The van der Waals surface area contributed by atoms with Gasteiger partial charge in [0.2, 0.25) is 0 Å². The SMILES string of the molecule is Cc1cc(C(=O)N(CCC2=CCCCC2)c2c(N)n(Cc3ccccc3)c(=O)[nH]c2=O)sc1C. The standard InChI is InChI=1S/C26H30N4O3S/c1-17-15-21(34-18(17)2)25(32)29(14-13-19-9-5-3-6-10-19)22-23(27)30(26(33)28-24(22)31)16-20-11-7-4-8-12-20/h4,7-9,11-12,15H,3,5-6,10,13-14,16,27H2,1-2H3,(H,28,31,33). The quantitative estimate of drug-likeness (QED) is 0.492. The van der Waals surface area contributed by atoms with Gasteiger partial charge in [-0.25, -0.2) is 4.79 Å².